The molecule has 0 saturated heterocycles. The number of carbonyl (C=O) groups excluding carboxylic acids is 1. The van der Waals surface area contributed by atoms with E-state index in [1.807, 2.05) is 31.3 Å². The van der Waals surface area contributed by atoms with Crippen LogP contribution in [0.3, 0.4) is 0 Å². The number of hydrogen-bond donors (Lipinski definition) is 1. The molecular formula is C21H28FN3O3S. The average Bonchev–Trinajstić information content (AvgIpc) is 2.67. The fraction of sp³-hybridized carbons (Fsp3) is 0.381. The zero-order valence-corrected chi connectivity index (χ0v) is 18.0. The van der Waals surface area contributed by atoms with Gasteiger partial charge in [0.1, 0.15) is 5.82 Å². The summed E-state index contributed by atoms with van der Waals surface area (Å²) in [5.74, 6) is -0.934. The van der Waals surface area contributed by atoms with Gasteiger partial charge in [-0.2, -0.15) is 4.31 Å². The summed E-state index contributed by atoms with van der Waals surface area (Å²) in [5, 5.41) is 2.78. The number of amides is 1. The Morgan fingerprint density at radius 2 is 1.62 bits per heavy atom. The zero-order valence-electron chi connectivity index (χ0n) is 17.2. The van der Waals surface area contributed by atoms with Crippen molar-refractivity contribution in [2.45, 2.75) is 37.9 Å². The first-order valence-electron chi connectivity index (χ1n) is 9.37. The monoisotopic (exact) mass is 421 g/mol. The van der Waals surface area contributed by atoms with Crippen molar-refractivity contribution in [2.75, 3.05) is 20.6 Å². The lowest BCUT2D eigenvalue weighted by Gasteiger charge is -2.23. The van der Waals surface area contributed by atoms with Gasteiger partial charge >= 0.3 is 0 Å². The summed E-state index contributed by atoms with van der Waals surface area (Å²) in [5.41, 5.74) is 2.09. The first-order chi connectivity index (χ1) is 13.6. The lowest BCUT2D eigenvalue weighted by Crippen LogP contribution is -2.38. The van der Waals surface area contributed by atoms with Gasteiger partial charge in [0.05, 0.1) is 11.4 Å². The molecule has 8 heteroatoms. The summed E-state index contributed by atoms with van der Waals surface area (Å²) in [6.45, 7) is 4.96. The van der Waals surface area contributed by atoms with E-state index in [0.717, 1.165) is 34.1 Å². The van der Waals surface area contributed by atoms with Crippen LogP contribution < -0.4 is 5.32 Å². The molecule has 0 atom stereocenters. The number of sulfonamides is 1. The minimum absolute atomic E-state index is 0.0590. The highest BCUT2D eigenvalue weighted by molar-refractivity contribution is 7.89. The minimum atomic E-state index is -3.87. The van der Waals surface area contributed by atoms with Gasteiger partial charge in [-0.3, -0.25) is 9.69 Å². The number of nitrogens with zero attached hydrogens (tertiary/aromatic N) is 2. The van der Waals surface area contributed by atoms with Crippen LogP contribution in [0.5, 0.6) is 0 Å². The Morgan fingerprint density at radius 1 is 1.03 bits per heavy atom. The second-order valence-corrected chi connectivity index (χ2v) is 9.31. The van der Waals surface area contributed by atoms with Crippen molar-refractivity contribution in [1.82, 2.24) is 14.5 Å². The van der Waals surface area contributed by atoms with Gasteiger partial charge in [0.15, 0.2) is 0 Å². The van der Waals surface area contributed by atoms with Crippen LogP contribution in [-0.2, 0) is 27.9 Å². The second kappa shape index (κ2) is 9.96. The summed E-state index contributed by atoms with van der Waals surface area (Å²) in [6.07, 6.45) is 0. The molecule has 1 amide bonds. The van der Waals surface area contributed by atoms with Crippen LogP contribution in [0.25, 0.3) is 0 Å². The summed E-state index contributed by atoms with van der Waals surface area (Å²) in [6, 6.07) is 12.7. The van der Waals surface area contributed by atoms with Gasteiger partial charge in [0.2, 0.25) is 15.9 Å². The van der Waals surface area contributed by atoms with E-state index in [4.69, 9.17) is 0 Å². The number of carbonyl (C=O) groups is 1. The van der Waals surface area contributed by atoms with E-state index in [1.165, 1.54) is 19.2 Å². The lowest BCUT2D eigenvalue weighted by molar-refractivity contribution is -0.121. The van der Waals surface area contributed by atoms with Gasteiger partial charge in [-0.1, -0.05) is 24.3 Å². The first-order valence-corrected chi connectivity index (χ1v) is 10.8. The van der Waals surface area contributed by atoms with E-state index in [1.54, 1.807) is 0 Å². The van der Waals surface area contributed by atoms with Crippen LogP contribution in [-0.4, -0.2) is 50.2 Å². The molecule has 0 saturated carbocycles. The molecule has 0 heterocycles. The van der Waals surface area contributed by atoms with Crippen LogP contribution in [0, 0.1) is 5.82 Å². The highest BCUT2D eigenvalue weighted by Crippen LogP contribution is 2.15. The number of rotatable bonds is 9. The molecule has 0 aliphatic carbocycles. The fourth-order valence-electron chi connectivity index (χ4n) is 2.66. The quantitative estimate of drug-likeness (QED) is 0.676. The molecule has 2 aromatic rings. The Hall–Kier alpha value is -2.29. The Balaban J connectivity index is 1.99. The summed E-state index contributed by atoms with van der Waals surface area (Å²) < 4.78 is 39.0. The normalized spacial score (nSPS) is 12.0. The van der Waals surface area contributed by atoms with Gasteiger partial charge in [0.25, 0.3) is 0 Å². The molecule has 0 aliphatic rings. The molecule has 2 rings (SSSR count). The second-order valence-electron chi connectivity index (χ2n) is 7.27. The van der Waals surface area contributed by atoms with Crippen LogP contribution in [0.1, 0.15) is 25.0 Å². The Labute approximate surface area is 172 Å². The van der Waals surface area contributed by atoms with Crippen molar-refractivity contribution in [3.8, 4) is 0 Å². The van der Waals surface area contributed by atoms with E-state index in [9.17, 15) is 17.6 Å². The molecular weight excluding hydrogens is 393 g/mol. The van der Waals surface area contributed by atoms with Gasteiger partial charge in [-0.25, -0.2) is 12.8 Å². The van der Waals surface area contributed by atoms with Crippen LogP contribution >= 0.6 is 0 Å². The van der Waals surface area contributed by atoms with Crippen molar-refractivity contribution < 1.29 is 17.6 Å². The topological polar surface area (TPSA) is 69.7 Å². The summed E-state index contributed by atoms with van der Waals surface area (Å²) in [4.78, 5) is 14.5. The van der Waals surface area contributed by atoms with E-state index in [2.05, 4.69) is 24.1 Å². The van der Waals surface area contributed by atoms with Crippen molar-refractivity contribution in [2.24, 2.45) is 0 Å². The van der Waals surface area contributed by atoms with Crippen LogP contribution in [0.2, 0.25) is 0 Å². The maximum absolute atomic E-state index is 13.0. The largest absolute Gasteiger partial charge is 0.351 e. The number of hydrogen-bond acceptors (Lipinski definition) is 4. The highest BCUT2D eigenvalue weighted by Gasteiger charge is 2.23. The van der Waals surface area contributed by atoms with Crippen LogP contribution in [0.4, 0.5) is 4.39 Å². The molecule has 6 nitrogen and oxygen atoms in total. The predicted molar refractivity (Wildman–Crippen MR) is 111 cm³/mol. The van der Waals surface area contributed by atoms with E-state index in [-0.39, 0.29) is 11.4 Å². The van der Waals surface area contributed by atoms with Gasteiger partial charge in [-0.15, -0.1) is 0 Å². The minimum Gasteiger partial charge on any atom is -0.351 e. The maximum Gasteiger partial charge on any atom is 0.243 e. The fourth-order valence-corrected chi connectivity index (χ4v) is 3.79. The Morgan fingerprint density at radius 3 is 2.21 bits per heavy atom. The number of benzene rings is 2. The number of likely N-dealkylation sites (N-methyl/N-ethyl adjacent to an activating group) is 1. The van der Waals surface area contributed by atoms with E-state index >= 15 is 0 Å². The predicted octanol–water partition coefficient (Wildman–Crippen LogP) is 2.60. The van der Waals surface area contributed by atoms with E-state index in [0.29, 0.717) is 12.6 Å². The molecule has 0 radical (unpaired) electrons. The Bertz CT molecular complexity index is 930. The highest BCUT2D eigenvalue weighted by atomic mass is 32.2. The molecule has 0 aliphatic heterocycles. The third kappa shape index (κ3) is 6.35. The third-order valence-electron chi connectivity index (χ3n) is 4.78. The van der Waals surface area contributed by atoms with E-state index < -0.39 is 21.7 Å². The molecule has 2 aromatic carbocycles. The smallest absolute Gasteiger partial charge is 0.243 e. The number of halogens is 1. The van der Waals surface area contributed by atoms with Crippen molar-refractivity contribution in [1.29, 1.82) is 0 Å². The van der Waals surface area contributed by atoms with Crippen molar-refractivity contribution in [3.05, 3.63) is 65.5 Å². The molecule has 29 heavy (non-hydrogen) atoms. The first kappa shape index (κ1) is 23.0. The number of nitrogens with one attached hydrogen (secondary N) is 1. The lowest BCUT2D eigenvalue weighted by atomic mass is 10.1. The molecule has 0 spiro atoms. The summed E-state index contributed by atoms with van der Waals surface area (Å²) >= 11 is 0. The molecule has 0 unspecified atom stereocenters. The summed E-state index contributed by atoms with van der Waals surface area (Å²) in [7, 11) is -0.508. The molecule has 0 aromatic heterocycles. The van der Waals surface area contributed by atoms with Crippen molar-refractivity contribution >= 4 is 15.9 Å². The van der Waals surface area contributed by atoms with Gasteiger partial charge in [-0.05, 0) is 56.3 Å². The SMILES string of the molecule is CC(C)N(C)Cc1ccccc1CNC(=O)CN(C)S(=O)(=O)c1ccc(F)cc1. The molecule has 0 fully saturated rings. The van der Waals surface area contributed by atoms with Crippen LogP contribution in [0.15, 0.2) is 53.4 Å². The molecule has 158 valence electrons. The average molecular weight is 422 g/mol. The Kier molecular flexibility index (Phi) is 7.89. The molecule has 1 N–H and O–H groups in total. The maximum atomic E-state index is 13.0. The zero-order chi connectivity index (χ0) is 21.6. The standard InChI is InChI=1S/C21H28FN3O3S/c1-16(2)24(3)14-18-8-6-5-7-17(18)13-23-21(26)15-25(4)29(27,28)20-11-9-19(22)10-12-20/h5-12,16H,13-15H2,1-4H3,(H,23,26). The van der Waals surface area contributed by atoms with Gasteiger partial charge in [0, 0.05) is 26.2 Å². The molecule has 0 bridgehead atoms. The van der Waals surface area contributed by atoms with Crippen molar-refractivity contribution in [3.63, 3.8) is 0 Å². The third-order valence-corrected chi connectivity index (χ3v) is 6.60. The van der Waals surface area contributed by atoms with Gasteiger partial charge < -0.3 is 5.32 Å².